The van der Waals surface area contributed by atoms with E-state index in [1.165, 1.54) is 6.92 Å². The molecule has 0 fully saturated rings. The van der Waals surface area contributed by atoms with Crippen LogP contribution in [0.4, 0.5) is 0 Å². The van der Waals surface area contributed by atoms with Gasteiger partial charge in [0, 0.05) is 5.56 Å². The molecule has 1 unspecified atom stereocenters. The van der Waals surface area contributed by atoms with Gasteiger partial charge in [0.15, 0.2) is 5.76 Å². The zero-order valence-electron chi connectivity index (χ0n) is 14.1. The molecule has 4 nitrogen and oxygen atoms in total. The summed E-state index contributed by atoms with van der Waals surface area (Å²) in [5, 5.41) is -0.758. The number of ether oxygens (including phenoxy) is 2. The van der Waals surface area contributed by atoms with E-state index in [4.69, 9.17) is 21.1 Å². The molecule has 0 saturated carbocycles. The van der Waals surface area contributed by atoms with E-state index in [-0.39, 0.29) is 11.5 Å². The van der Waals surface area contributed by atoms with Crippen LogP contribution in [0.25, 0.3) is 6.08 Å². The van der Waals surface area contributed by atoms with Crippen LogP contribution in [0.3, 0.4) is 0 Å². The number of ketones is 1. The molecule has 25 heavy (non-hydrogen) atoms. The minimum atomic E-state index is -0.758. The highest BCUT2D eigenvalue weighted by atomic mass is 35.5. The summed E-state index contributed by atoms with van der Waals surface area (Å²) in [5.74, 6) is 0.259. The summed E-state index contributed by atoms with van der Waals surface area (Å²) in [6.07, 6.45) is 1.73. The zero-order chi connectivity index (χ0) is 18.1. The maximum Gasteiger partial charge on any atom is 0.329 e. The molecule has 0 aromatic heterocycles. The Labute approximate surface area is 151 Å². The fourth-order valence-electron chi connectivity index (χ4n) is 2.56. The number of carbonyl (C=O) groups excluding carboxylic acids is 2. The quantitative estimate of drug-likeness (QED) is 0.353. The Balaban J connectivity index is 1.95. The highest BCUT2D eigenvalue weighted by Gasteiger charge is 2.30. The second-order valence-electron chi connectivity index (χ2n) is 5.90. The standard InChI is InChI=1S/C20H17ClO4/c1-11-6-4-5-7-14(11)10-17-18(22)15-8-9-16(12(2)19(15)24-17)25-20(23)13(3)21/h4-10,13H,1-3H3/b17-10-. The van der Waals surface area contributed by atoms with E-state index in [0.717, 1.165) is 11.1 Å². The lowest BCUT2D eigenvalue weighted by Gasteiger charge is -2.10. The summed E-state index contributed by atoms with van der Waals surface area (Å²) >= 11 is 5.73. The number of aryl methyl sites for hydroxylation is 1. The first kappa shape index (κ1) is 17.2. The molecule has 128 valence electrons. The van der Waals surface area contributed by atoms with Crippen molar-refractivity contribution in [1.82, 2.24) is 0 Å². The van der Waals surface area contributed by atoms with E-state index in [1.54, 1.807) is 25.1 Å². The number of hydrogen-bond acceptors (Lipinski definition) is 4. The second-order valence-corrected chi connectivity index (χ2v) is 6.55. The number of alkyl halides is 1. The van der Waals surface area contributed by atoms with Gasteiger partial charge in [-0.05, 0) is 50.1 Å². The third-order valence-electron chi connectivity index (χ3n) is 4.05. The minimum absolute atomic E-state index is 0.190. The molecule has 0 N–H and O–H groups in total. The molecule has 3 rings (SSSR count). The van der Waals surface area contributed by atoms with Gasteiger partial charge in [0.2, 0.25) is 5.78 Å². The molecular weight excluding hydrogens is 340 g/mol. The van der Waals surface area contributed by atoms with Crippen molar-refractivity contribution in [3.63, 3.8) is 0 Å². The fraction of sp³-hybridized carbons (Fsp3) is 0.200. The first-order valence-corrected chi connectivity index (χ1v) is 8.31. The topological polar surface area (TPSA) is 52.6 Å². The molecule has 1 heterocycles. The molecule has 1 atom stereocenters. The van der Waals surface area contributed by atoms with E-state index in [0.29, 0.717) is 22.6 Å². The zero-order valence-corrected chi connectivity index (χ0v) is 14.9. The molecular formula is C20H17ClO4. The summed E-state index contributed by atoms with van der Waals surface area (Å²) in [6, 6.07) is 10.9. The third-order valence-corrected chi connectivity index (χ3v) is 4.23. The van der Waals surface area contributed by atoms with Gasteiger partial charge in [-0.2, -0.15) is 0 Å². The van der Waals surface area contributed by atoms with Gasteiger partial charge >= 0.3 is 5.97 Å². The van der Waals surface area contributed by atoms with Gasteiger partial charge in [-0.25, -0.2) is 0 Å². The van der Waals surface area contributed by atoms with Gasteiger partial charge in [0.25, 0.3) is 0 Å². The van der Waals surface area contributed by atoms with Crippen molar-refractivity contribution < 1.29 is 19.1 Å². The monoisotopic (exact) mass is 356 g/mol. The normalized spacial score (nSPS) is 15.7. The van der Waals surface area contributed by atoms with E-state index < -0.39 is 11.3 Å². The summed E-state index contributed by atoms with van der Waals surface area (Å²) < 4.78 is 11.0. The van der Waals surface area contributed by atoms with Gasteiger partial charge in [0.05, 0.1) is 5.56 Å². The maximum atomic E-state index is 12.6. The maximum absolute atomic E-state index is 12.6. The third kappa shape index (κ3) is 3.30. The molecule has 1 aliphatic heterocycles. The largest absolute Gasteiger partial charge is 0.452 e. The first-order valence-electron chi connectivity index (χ1n) is 7.87. The van der Waals surface area contributed by atoms with E-state index in [9.17, 15) is 9.59 Å². The van der Waals surface area contributed by atoms with Crippen molar-refractivity contribution in [2.24, 2.45) is 0 Å². The molecule has 2 aromatic rings. The van der Waals surface area contributed by atoms with Crippen LogP contribution in [0.2, 0.25) is 0 Å². The summed E-state index contributed by atoms with van der Waals surface area (Å²) in [4.78, 5) is 24.3. The molecule has 0 bridgehead atoms. The van der Waals surface area contributed by atoms with Crippen molar-refractivity contribution in [3.05, 3.63) is 64.4 Å². The number of fused-ring (bicyclic) bond motifs is 1. The first-order chi connectivity index (χ1) is 11.9. The van der Waals surface area contributed by atoms with Crippen molar-refractivity contribution >= 4 is 29.4 Å². The van der Waals surface area contributed by atoms with Crippen LogP contribution >= 0.6 is 11.6 Å². The van der Waals surface area contributed by atoms with Gasteiger partial charge in [-0.15, -0.1) is 11.6 Å². The number of halogens is 1. The molecule has 2 aromatic carbocycles. The number of allylic oxidation sites excluding steroid dienone is 1. The van der Waals surface area contributed by atoms with E-state index >= 15 is 0 Å². The number of benzene rings is 2. The van der Waals surface area contributed by atoms with Gasteiger partial charge in [-0.3, -0.25) is 9.59 Å². The predicted octanol–water partition coefficient (Wildman–Crippen LogP) is 4.45. The summed E-state index contributed by atoms with van der Waals surface area (Å²) in [7, 11) is 0. The number of Topliss-reactive ketones (excluding diaryl/α,β-unsaturated/α-hetero) is 1. The number of rotatable bonds is 3. The number of carbonyl (C=O) groups is 2. The van der Waals surface area contributed by atoms with Crippen molar-refractivity contribution in [1.29, 1.82) is 0 Å². The van der Waals surface area contributed by atoms with Crippen LogP contribution in [-0.4, -0.2) is 17.1 Å². The van der Waals surface area contributed by atoms with Crippen LogP contribution < -0.4 is 9.47 Å². The van der Waals surface area contributed by atoms with Gasteiger partial charge in [0.1, 0.15) is 16.9 Å². The Morgan fingerprint density at radius 2 is 1.92 bits per heavy atom. The van der Waals surface area contributed by atoms with Crippen LogP contribution in [0.1, 0.15) is 34.0 Å². The van der Waals surface area contributed by atoms with Crippen molar-refractivity contribution in [2.75, 3.05) is 0 Å². The fourth-order valence-corrected chi connectivity index (χ4v) is 2.60. The average Bonchev–Trinajstić information content (AvgIpc) is 2.89. The number of hydrogen-bond donors (Lipinski definition) is 0. The molecule has 0 saturated heterocycles. The van der Waals surface area contributed by atoms with Crippen LogP contribution in [0, 0.1) is 13.8 Å². The lowest BCUT2D eigenvalue weighted by Crippen LogP contribution is -2.18. The molecule has 0 amide bonds. The predicted molar refractivity (Wildman–Crippen MR) is 96.2 cm³/mol. The van der Waals surface area contributed by atoms with Crippen LogP contribution in [0.15, 0.2) is 42.2 Å². The summed E-state index contributed by atoms with van der Waals surface area (Å²) in [5.41, 5.74) is 3.00. The Morgan fingerprint density at radius 3 is 2.60 bits per heavy atom. The lowest BCUT2D eigenvalue weighted by molar-refractivity contribution is -0.133. The van der Waals surface area contributed by atoms with E-state index in [1.807, 2.05) is 31.2 Å². The Hall–Kier alpha value is -2.59. The Bertz CT molecular complexity index is 897. The molecule has 0 aliphatic carbocycles. The molecule has 0 spiro atoms. The Kier molecular flexibility index (Phi) is 4.64. The Morgan fingerprint density at radius 1 is 1.20 bits per heavy atom. The minimum Gasteiger partial charge on any atom is -0.452 e. The number of esters is 1. The van der Waals surface area contributed by atoms with Crippen molar-refractivity contribution in [3.8, 4) is 11.5 Å². The smallest absolute Gasteiger partial charge is 0.329 e. The van der Waals surface area contributed by atoms with Gasteiger partial charge in [-0.1, -0.05) is 24.3 Å². The van der Waals surface area contributed by atoms with Crippen LogP contribution in [-0.2, 0) is 4.79 Å². The van der Waals surface area contributed by atoms with Crippen molar-refractivity contribution in [2.45, 2.75) is 26.1 Å². The molecule has 5 heteroatoms. The molecule has 1 aliphatic rings. The lowest BCUT2D eigenvalue weighted by atomic mass is 10.0. The second kappa shape index (κ2) is 6.73. The summed E-state index contributed by atoms with van der Waals surface area (Å²) in [6.45, 7) is 5.25. The highest BCUT2D eigenvalue weighted by molar-refractivity contribution is 6.29. The van der Waals surface area contributed by atoms with Crippen LogP contribution in [0.5, 0.6) is 11.5 Å². The highest BCUT2D eigenvalue weighted by Crippen LogP contribution is 2.39. The molecule has 0 radical (unpaired) electrons. The SMILES string of the molecule is Cc1ccccc1/C=C1\Oc2c(ccc(OC(=O)C(C)Cl)c2C)C1=O. The average molecular weight is 357 g/mol. The van der Waals surface area contributed by atoms with Gasteiger partial charge < -0.3 is 9.47 Å². The van der Waals surface area contributed by atoms with E-state index in [2.05, 4.69) is 0 Å².